The van der Waals surface area contributed by atoms with Crippen molar-refractivity contribution in [2.75, 3.05) is 38.8 Å². The molecule has 1 aromatic heterocycles. The third kappa shape index (κ3) is 5.98. The summed E-state index contributed by atoms with van der Waals surface area (Å²) in [5.74, 6) is 0.968. The van der Waals surface area contributed by atoms with Crippen molar-refractivity contribution in [3.8, 4) is 23.2 Å². The lowest BCUT2D eigenvalue weighted by Gasteiger charge is -2.32. The Morgan fingerprint density at radius 1 is 1.19 bits per heavy atom. The standard InChI is InChI=1S/C28H33N7O2/c1-17(15-29)16-31-26-22-13-19(6-5-18(22)7-12-24(26)37-4)27-33-23(14-25(30)34-27)28(36)32-20-8-10-21(11-9-20)35(2)3/h5-7,12-14,20-21,31H,1,8-11,16H2,2-4H3,(H,32,36)(H2,30,33,34)/t20-,21+. The van der Waals surface area contributed by atoms with Gasteiger partial charge in [-0.25, -0.2) is 9.97 Å². The number of nitrogens with zero attached hydrogens (tertiary/aromatic N) is 4. The number of rotatable bonds is 8. The van der Waals surface area contributed by atoms with Crippen LogP contribution >= 0.6 is 0 Å². The number of amides is 1. The quantitative estimate of drug-likeness (QED) is 0.397. The minimum absolute atomic E-state index is 0.119. The second-order valence-electron chi connectivity index (χ2n) is 9.59. The number of carbonyl (C=O) groups is 1. The molecule has 0 spiro atoms. The third-order valence-corrected chi connectivity index (χ3v) is 6.84. The number of nitriles is 1. The highest BCUT2D eigenvalue weighted by Gasteiger charge is 2.24. The molecule has 0 saturated heterocycles. The van der Waals surface area contributed by atoms with E-state index in [0.717, 1.165) is 42.1 Å². The monoisotopic (exact) mass is 499 g/mol. The van der Waals surface area contributed by atoms with Gasteiger partial charge in [-0.05, 0) is 57.3 Å². The second kappa shape index (κ2) is 11.3. The summed E-state index contributed by atoms with van der Waals surface area (Å²) >= 11 is 0. The summed E-state index contributed by atoms with van der Waals surface area (Å²) < 4.78 is 5.54. The van der Waals surface area contributed by atoms with Crippen molar-refractivity contribution in [3.05, 3.63) is 54.2 Å². The number of benzene rings is 2. The number of nitrogen functional groups attached to an aromatic ring is 1. The van der Waals surface area contributed by atoms with Crippen LogP contribution in [0.25, 0.3) is 22.2 Å². The van der Waals surface area contributed by atoms with Crippen LogP contribution < -0.4 is 21.1 Å². The number of aromatic nitrogens is 2. The Kier molecular flexibility index (Phi) is 7.89. The van der Waals surface area contributed by atoms with Gasteiger partial charge in [-0.2, -0.15) is 5.26 Å². The first kappa shape index (κ1) is 25.9. The van der Waals surface area contributed by atoms with Crippen molar-refractivity contribution in [2.24, 2.45) is 0 Å². The van der Waals surface area contributed by atoms with Crippen LogP contribution in [0.1, 0.15) is 36.2 Å². The van der Waals surface area contributed by atoms with E-state index in [-0.39, 0.29) is 30.0 Å². The van der Waals surface area contributed by atoms with Crippen LogP contribution in [0, 0.1) is 11.3 Å². The summed E-state index contributed by atoms with van der Waals surface area (Å²) in [6.45, 7) is 4.02. The maximum Gasteiger partial charge on any atom is 0.270 e. The first-order valence-electron chi connectivity index (χ1n) is 12.3. The van der Waals surface area contributed by atoms with E-state index >= 15 is 0 Å². The second-order valence-corrected chi connectivity index (χ2v) is 9.59. The van der Waals surface area contributed by atoms with E-state index in [4.69, 9.17) is 15.7 Å². The number of nitrogens with two attached hydrogens (primary N) is 1. The summed E-state index contributed by atoms with van der Waals surface area (Å²) in [7, 11) is 5.79. The summed E-state index contributed by atoms with van der Waals surface area (Å²) in [6.07, 6.45) is 3.96. The summed E-state index contributed by atoms with van der Waals surface area (Å²) in [5, 5.41) is 17.3. The molecule has 0 bridgehead atoms. The zero-order valence-electron chi connectivity index (χ0n) is 21.5. The molecule has 1 aliphatic carbocycles. The van der Waals surface area contributed by atoms with E-state index < -0.39 is 0 Å². The Balaban J connectivity index is 1.61. The van der Waals surface area contributed by atoms with Gasteiger partial charge in [-0.15, -0.1) is 0 Å². The Morgan fingerprint density at radius 2 is 1.92 bits per heavy atom. The van der Waals surface area contributed by atoms with E-state index in [0.29, 0.717) is 28.8 Å². The van der Waals surface area contributed by atoms with Crippen molar-refractivity contribution in [1.29, 1.82) is 5.26 Å². The molecule has 9 heteroatoms. The smallest absolute Gasteiger partial charge is 0.270 e. The van der Waals surface area contributed by atoms with Gasteiger partial charge in [0.1, 0.15) is 17.3 Å². The number of nitrogens with one attached hydrogen (secondary N) is 2. The number of hydrogen-bond donors (Lipinski definition) is 3. The molecule has 1 fully saturated rings. The van der Waals surface area contributed by atoms with Gasteiger partial charge in [0.25, 0.3) is 5.91 Å². The molecule has 37 heavy (non-hydrogen) atoms. The molecule has 0 unspecified atom stereocenters. The largest absolute Gasteiger partial charge is 0.495 e. The molecule has 2 aromatic carbocycles. The maximum atomic E-state index is 13.1. The highest BCUT2D eigenvalue weighted by molar-refractivity contribution is 5.99. The van der Waals surface area contributed by atoms with Crippen LogP contribution in [0.15, 0.2) is 48.6 Å². The Morgan fingerprint density at radius 3 is 2.59 bits per heavy atom. The SMILES string of the molecule is C=C(C#N)CNc1c(OC)ccc2ccc(-c3nc(N)cc(C(=O)N[C@H]4CC[C@@H](N(C)C)CC4)n3)cc12. The maximum absolute atomic E-state index is 13.1. The average molecular weight is 500 g/mol. The van der Waals surface area contributed by atoms with Gasteiger partial charge in [0.2, 0.25) is 0 Å². The first-order chi connectivity index (χ1) is 17.8. The predicted molar refractivity (Wildman–Crippen MR) is 146 cm³/mol. The fourth-order valence-electron chi connectivity index (χ4n) is 4.73. The van der Waals surface area contributed by atoms with Crippen molar-refractivity contribution < 1.29 is 9.53 Å². The van der Waals surface area contributed by atoms with E-state index in [1.807, 2.05) is 36.4 Å². The summed E-state index contributed by atoms with van der Waals surface area (Å²) in [6, 6.07) is 13.8. The third-order valence-electron chi connectivity index (χ3n) is 6.84. The highest BCUT2D eigenvalue weighted by atomic mass is 16.5. The number of ether oxygens (including phenoxy) is 1. The van der Waals surface area contributed by atoms with Gasteiger partial charge in [0, 0.05) is 41.2 Å². The molecule has 0 atom stereocenters. The molecule has 3 aromatic rings. The first-order valence-corrected chi connectivity index (χ1v) is 12.3. The Bertz CT molecular complexity index is 1350. The molecular formula is C28H33N7O2. The molecule has 1 aliphatic rings. The highest BCUT2D eigenvalue weighted by Crippen LogP contribution is 2.35. The average Bonchev–Trinajstić information content (AvgIpc) is 2.90. The molecule has 0 aliphatic heterocycles. The molecular weight excluding hydrogens is 466 g/mol. The number of fused-ring (bicyclic) bond motifs is 1. The van der Waals surface area contributed by atoms with Crippen LogP contribution in [0.3, 0.4) is 0 Å². The molecule has 4 rings (SSSR count). The Labute approximate surface area is 217 Å². The van der Waals surface area contributed by atoms with Crippen LogP contribution in [0.2, 0.25) is 0 Å². The number of methoxy groups -OCH3 is 1. The summed E-state index contributed by atoms with van der Waals surface area (Å²) in [4.78, 5) is 24.3. The van der Waals surface area contributed by atoms with E-state index in [1.54, 1.807) is 7.11 Å². The fourth-order valence-corrected chi connectivity index (χ4v) is 4.73. The lowest BCUT2D eigenvalue weighted by Crippen LogP contribution is -2.42. The zero-order valence-corrected chi connectivity index (χ0v) is 21.5. The topological polar surface area (TPSA) is 129 Å². The van der Waals surface area contributed by atoms with Gasteiger partial charge < -0.3 is 26.0 Å². The molecule has 4 N–H and O–H groups in total. The molecule has 1 saturated carbocycles. The molecule has 1 amide bonds. The van der Waals surface area contributed by atoms with Crippen molar-refractivity contribution >= 4 is 28.2 Å². The number of carbonyl (C=O) groups excluding carboxylic acids is 1. The normalized spacial score (nSPS) is 17.3. The minimum Gasteiger partial charge on any atom is -0.495 e. The molecule has 192 valence electrons. The summed E-state index contributed by atoms with van der Waals surface area (Å²) in [5.41, 5.74) is 8.17. The molecule has 9 nitrogen and oxygen atoms in total. The van der Waals surface area contributed by atoms with Gasteiger partial charge in [0.05, 0.1) is 18.9 Å². The number of anilines is 2. The van der Waals surface area contributed by atoms with E-state index in [9.17, 15) is 4.79 Å². The minimum atomic E-state index is -0.247. The van der Waals surface area contributed by atoms with Crippen LogP contribution in [-0.4, -0.2) is 60.6 Å². The lowest BCUT2D eigenvalue weighted by atomic mass is 9.90. The van der Waals surface area contributed by atoms with Crippen molar-refractivity contribution in [2.45, 2.75) is 37.8 Å². The van der Waals surface area contributed by atoms with Crippen LogP contribution in [-0.2, 0) is 0 Å². The van der Waals surface area contributed by atoms with Crippen LogP contribution in [0.4, 0.5) is 11.5 Å². The van der Waals surface area contributed by atoms with Crippen LogP contribution in [0.5, 0.6) is 5.75 Å². The lowest BCUT2D eigenvalue weighted by molar-refractivity contribution is 0.0911. The van der Waals surface area contributed by atoms with E-state index in [1.165, 1.54) is 6.07 Å². The van der Waals surface area contributed by atoms with Gasteiger partial charge in [0.15, 0.2) is 5.82 Å². The van der Waals surface area contributed by atoms with E-state index in [2.05, 4.69) is 46.2 Å². The molecule has 0 radical (unpaired) electrons. The van der Waals surface area contributed by atoms with Crippen molar-refractivity contribution in [3.63, 3.8) is 0 Å². The fraction of sp³-hybridized carbons (Fsp3) is 0.357. The van der Waals surface area contributed by atoms with Crippen molar-refractivity contribution in [1.82, 2.24) is 20.2 Å². The predicted octanol–water partition coefficient (Wildman–Crippen LogP) is 3.98. The van der Waals surface area contributed by atoms with Gasteiger partial charge >= 0.3 is 0 Å². The zero-order chi connectivity index (χ0) is 26.5. The Hall–Kier alpha value is -4.16. The molecule has 1 heterocycles. The number of hydrogen-bond acceptors (Lipinski definition) is 8. The van der Waals surface area contributed by atoms with Gasteiger partial charge in [-0.3, -0.25) is 4.79 Å². The van der Waals surface area contributed by atoms with Gasteiger partial charge in [-0.1, -0.05) is 24.8 Å².